The van der Waals surface area contributed by atoms with Gasteiger partial charge in [-0.05, 0) is 44.0 Å². The lowest BCUT2D eigenvalue weighted by molar-refractivity contribution is -0.128. The molecule has 0 spiro atoms. The summed E-state index contributed by atoms with van der Waals surface area (Å²) < 4.78 is 24.6. The zero-order chi connectivity index (χ0) is 17.7. The van der Waals surface area contributed by atoms with Crippen molar-refractivity contribution < 1.29 is 18.0 Å². The first-order valence-corrected chi connectivity index (χ1v) is 9.83. The van der Waals surface area contributed by atoms with E-state index in [0.29, 0.717) is 11.4 Å². The number of hydrogen-bond acceptors (Lipinski definition) is 4. The first-order chi connectivity index (χ1) is 11.2. The average molecular weight is 353 g/mol. The Bertz CT molecular complexity index is 695. The molecule has 2 amide bonds. The Balaban J connectivity index is 1.87. The zero-order valence-electron chi connectivity index (χ0n) is 13.8. The van der Waals surface area contributed by atoms with Crippen molar-refractivity contribution in [3.8, 4) is 0 Å². The molecule has 0 saturated heterocycles. The van der Waals surface area contributed by atoms with Crippen molar-refractivity contribution >= 4 is 33.2 Å². The summed E-state index contributed by atoms with van der Waals surface area (Å²) in [5.41, 5.74) is 0.944. The molecule has 2 rings (SSSR count). The molecular weight excluding hydrogens is 330 g/mol. The number of carbonyl (C=O) groups excluding carboxylic acids is 2. The van der Waals surface area contributed by atoms with Gasteiger partial charge in [0.1, 0.15) is 6.04 Å². The number of hydrogen-bond donors (Lipinski definition) is 3. The number of benzene rings is 1. The molecule has 8 heteroatoms. The minimum absolute atomic E-state index is 0.0154. The van der Waals surface area contributed by atoms with Crippen LogP contribution in [0.15, 0.2) is 24.3 Å². The highest BCUT2D eigenvalue weighted by molar-refractivity contribution is 7.92. The van der Waals surface area contributed by atoms with E-state index in [9.17, 15) is 18.0 Å². The molecule has 0 heterocycles. The summed E-state index contributed by atoms with van der Waals surface area (Å²) in [6.07, 6.45) is 4.96. The van der Waals surface area contributed by atoms with E-state index in [-0.39, 0.29) is 17.7 Å². The molecule has 0 aromatic heterocycles. The molecule has 0 radical (unpaired) electrons. The van der Waals surface area contributed by atoms with Gasteiger partial charge in [0, 0.05) is 17.3 Å². The van der Waals surface area contributed by atoms with Crippen LogP contribution in [-0.2, 0) is 19.6 Å². The van der Waals surface area contributed by atoms with Crippen molar-refractivity contribution in [3.63, 3.8) is 0 Å². The van der Waals surface area contributed by atoms with Crippen LogP contribution in [0.5, 0.6) is 0 Å². The fourth-order valence-electron chi connectivity index (χ4n) is 2.67. The second-order valence-electron chi connectivity index (χ2n) is 6.15. The lowest BCUT2D eigenvalue weighted by atomic mass is 10.1. The third-order valence-electron chi connectivity index (χ3n) is 3.93. The Morgan fingerprint density at radius 3 is 2.17 bits per heavy atom. The topological polar surface area (TPSA) is 104 Å². The van der Waals surface area contributed by atoms with Crippen molar-refractivity contribution in [3.05, 3.63) is 24.3 Å². The van der Waals surface area contributed by atoms with Gasteiger partial charge in [-0.25, -0.2) is 8.42 Å². The molecule has 1 saturated carbocycles. The number of rotatable bonds is 6. The van der Waals surface area contributed by atoms with Gasteiger partial charge in [-0.1, -0.05) is 12.8 Å². The number of nitrogens with one attached hydrogen (secondary N) is 3. The van der Waals surface area contributed by atoms with E-state index in [0.717, 1.165) is 31.9 Å². The standard InChI is InChI=1S/C16H23N3O4S/c1-11(17-16(21)12-5-3-4-6-12)15(20)18-13-7-9-14(10-8-13)19-24(2,22)23/h7-12,19H,3-6H2,1-2H3,(H,17,21)(H,18,20)/t11-/m0/s1. The maximum absolute atomic E-state index is 12.1. The van der Waals surface area contributed by atoms with Crippen LogP contribution in [0.2, 0.25) is 0 Å². The molecule has 1 aliphatic carbocycles. The third-order valence-corrected chi connectivity index (χ3v) is 4.54. The van der Waals surface area contributed by atoms with Gasteiger partial charge in [0.15, 0.2) is 0 Å². The summed E-state index contributed by atoms with van der Waals surface area (Å²) >= 11 is 0. The van der Waals surface area contributed by atoms with Crippen LogP contribution >= 0.6 is 0 Å². The van der Waals surface area contributed by atoms with Crippen molar-refractivity contribution in [2.75, 3.05) is 16.3 Å². The molecule has 0 aliphatic heterocycles. The SMILES string of the molecule is C[C@H](NC(=O)C1CCCC1)C(=O)Nc1ccc(NS(C)(=O)=O)cc1. The fraction of sp³-hybridized carbons (Fsp3) is 0.500. The lowest BCUT2D eigenvalue weighted by Gasteiger charge is -2.17. The second kappa shape index (κ2) is 7.65. The smallest absolute Gasteiger partial charge is 0.246 e. The van der Waals surface area contributed by atoms with E-state index in [1.165, 1.54) is 0 Å². The fourth-order valence-corrected chi connectivity index (χ4v) is 3.24. The van der Waals surface area contributed by atoms with E-state index in [4.69, 9.17) is 0 Å². The maximum Gasteiger partial charge on any atom is 0.246 e. The summed E-state index contributed by atoms with van der Waals surface area (Å²) in [6.45, 7) is 1.64. The van der Waals surface area contributed by atoms with Crippen LogP contribution in [0, 0.1) is 5.92 Å². The number of anilines is 2. The molecule has 0 unspecified atom stereocenters. The van der Waals surface area contributed by atoms with Crippen molar-refractivity contribution in [2.45, 2.75) is 38.6 Å². The highest BCUT2D eigenvalue weighted by atomic mass is 32.2. The van der Waals surface area contributed by atoms with Gasteiger partial charge in [-0.15, -0.1) is 0 Å². The summed E-state index contributed by atoms with van der Waals surface area (Å²) in [5, 5.41) is 5.44. The molecule has 0 bridgehead atoms. The van der Waals surface area contributed by atoms with E-state index >= 15 is 0 Å². The van der Waals surface area contributed by atoms with Crippen LogP contribution in [0.4, 0.5) is 11.4 Å². The molecule has 1 fully saturated rings. The Labute approximate surface area is 142 Å². The molecular formula is C16H23N3O4S. The highest BCUT2D eigenvalue weighted by Gasteiger charge is 2.25. The molecule has 1 aliphatic rings. The van der Waals surface area contributed by atoms with Gasteiger partial charge in [0.2, 0.25) is 21.8 Å². The Hall–Kier alpha value is -2.09. The molecule has 132 valence electrons. The number of carbonyl (C=O) groups is 2. The van der Waals surface area contributed by atoms with Crippen LogP contribution < -0.4 is 15.4 Å². The summed E-state index contributed by atoms with van der Waals surface area (Å²) in [4.78, 5) is 24.2. The number of amides is 2. The van der Waals surface area contributed by atoms with Gasteiger partial charge in [0.25, 0.3) is 0 Å². The Kier molecular flexibility index (Phi) is 5.82. The van der Waals surface area contributed by atoms with Crippen LogP contribution in [0.3, 0.4) is 0 Å². The Morgan fingerprint density at radius 1 is 1.08 bits per heavy atom. The maximum atomic E-state index is 12.1. The molecule has 3 N–H and O–H groups in total. The Morgan fingerprint density at radius 2 is 1.62 bits per heavy atom. The van der Waals surface area contributed by atoms with Gasteiger partial charge in [-0.2, -0.15) is 0 Å². The monoisotopic (exact) mass is 353 g/mol. The van der Waals surface area contributed by atoms with Crippen molar-refractivity contribution in [1.29, 1.82) is 0 Å². The minimum atomic E-state index is -3.33. The van der Waals surface area contributed by atoms with E-state index < -0.39 is 16.1 Å². The van der Waals surface area contributed by atoms with E-state index in [2.05, 4.69) is 15.4 Å². The number of sulfonamides is 1. The van der Waals surface area contributed by atoms with Gasteiger partial charge < -0.3 is 10.6 Å². The lowest BCUT2D eigenvalue weighted by Crippen LogP contribution is -2.43. The predicted octanol–water partition coefficient (Wildman–Crippen LogP) is 1.69. The molecule has 1 atom stereocenters. The highest BCUT2D eigenvalue weighted by Crippen LogP contribution is 2.24. The summed E-state index contributed by atoms with van der Waals surface area (Å²) in [6, 6.07) is 5.66. The van der Waals surface area contributed by atoms with Gasteiger partial charge in [0.05, 0.1) is 6.26 Å². The third kappa shape index (κ3) is 5.52. The summed E-state index contributed by atoms with van der Waals surface area (Å²) in [7, 11) is -3.33. The summed E-state index contributed by atoms with van der Waals surface area (Å²) in [5.74, 6) is -0.366. The largest absolute Gasteiger partial charge is 0.344 e. The normalized spacial score (nSPS) is 16.4. The first-order valence-electron chi connectivity index (χ1n) is 7.94. The first kappa shape index (κ1) is 18.3. The van der Waals surface area contributed by atoms with E-state index in [1.54, 1.807) is 31.2 Å². The quantitative estimate of drug-likeness (QED) is 0.724. The molecule has 24 heavy (non-hydrogen) atoms. The van der Waals surface area contributed by atoms with Crippen LogP contribution in [0.25, 0.3) is 0 Å². The van der Waals surface area contributed by atoms with Crippen LogP contribution in [0.1, 0.15) is 32.6 Å². The van der Waals surface area contributed by atoms with Crippen molar-refractivity contribution in [2.24, 2.45) is 5.92 Å². The average Bonchev–Trinajstić information content (AvgIpc) is 3.02. The van der Waals surface area contributed by atoms with Crippen LogP contribution in [-0.4, -0.2) is 32.5 Å². The van der Waals surface area contributed by atoms with Crippen molar-refractivity contribution in [1.82, 2.24) is 5.32 Å². The molecule has 7 nitrogen and oxygen atoms in total. The molecule has 1 aromatic rings. The second-order valence-corrected chi connectivity index (χ2v) is 7.90. The molecule has 1 aromatic carbocycles. The van der Waals surface area contributed by atoms with Gasteiger partial charge in [-0.3, -0.25) is 14.3 Å². The predicted molar refractivity (Wildman–Crippen MR) is 93.1 cm³/mol. The van der Waals surface area contributed by atoms with E-state index in [1.807, 2.05) is 0 Å². The minimum Gasteiger partial charge on any atom is -0.344 e. The van der Waals surface area contributed by atoms with Gasteiger partial charge >= 0.3 is 0 Å². The zero-order valence-corrected chi connectivity index (χ0v) is 14.7.